The molecule has 1 aromatic rings. The van der Waals surface area contributed by atoms with Crippen molar-refractivity contribution in [1.29, 1.82) is 0 Å². The molecule has 3 rings (SSSR count). The van der Waals surface area contributed by atoms with Crippen LogP contribution in [0.5, 0.6) is 0 Å². The van der Waals surface area contributed by atoms with E-state index in [0.717, 1.165) is 25.7 Å². The number of piperazine rings is 1. The molecule has 104 valence electrons. The molecule has 0 atom stereocenters. The Morgan fingerprint density at radius 3 is 2.21 bits per heavy atom. The fourth-order valence-electron chi connectivity index (χ4n) is 3.40. The molecule has 0 unspecified atom stereocenters. The van der Waals surface area contributed by atoms with E-state index in [1.54, 1.807) is 12.1 Å². The van der Waals surface area contributed by atoms with Gasteiger partial charge in [-0.25, -0.2) is 4.39 Å². The van der Waals surface area contributed by atoms with Gasteiger partial charge in [0.15, 0.2) is 0 Å². The van der Waals surface area contributed by atoms with E-state index in [-0.39, 0.29) is 5.82 Å². The Balaban J connectivity index is 1.48. The largest absolute Gasteiger partial charge is 0.298 e. The smallest absolute Gasteiger partial charge is 0.123 e. The van der Waals surface area contributed by atoms with Crippen molar-refractivity contribution >= 4 is 0 Å². The van der Waals surface area contributed by atoms with Gasteiger partial charge in [0.25, 0.3) is 0 Å². The number of hydrogen-bond donors (Lipinski definition) is 0. The Hall–Kier alpha value is -0.930. The zero-order valence-corrected chi connectivity index (χ0v) is 11.5. The van der Waals surface area contributed by atoms with E-state index < -0.39 is 0 Å². The first-order valence-electron chi connectivity index (χ1n) is 7.52. The number of rotatable bonds is 3. The summed E-state index contributed by atoms with van der Waals surface area (Å²) in [6.45, 7) is 5.65. The van der Waals surface area contributed by atoms with Crippen LogP contribution in [0.15, 0.2) is 24.3 Å². The maximum Gasteiger partial charge on any atom is 0.123 e. The molecular weight excluding hydrogens is 239 g/mol. The van der Waals surface area contributed by atoms with Crippen molar-refractivity contribution in [2.75, 3.05) is 26.2 Å². The Labute approximate surface area is 115 Å². The maximum atomic E-state index is 12.9. The lowest BCUT2D eigenvalue weighted by Crippen LogP contribution is -2.49. The molecule has 1 aromatic carbocycles. The highest BCUT2D eigenvalue weighted by atomic mass is 19.1. The highest BCUT2D eigenvalue weighted by molar-refractivity contribution is 5.15. The molecule has 0 spiro atoms. The second kappa shape index (κ2) is 6.02. The Kier molecular flexibility index (Phi) is 4.14. The first-order valence-corrected chi connectivity index (χ1v) is 7.52. The van der Waals surface area contributed by atoms with E-state index in [1.807, 2.05) is 12.1 Å². The highest BCUT2D eigenvalue weighted by Crippen LogP contribution is 2.24. The highest BCUT2D eigenvalue weighted by Gasteiger charge is 2.25. The van der Waals surface area contributed by atoms with Crippen LogP contribution in [0, 0.1) is 5.82 Å². The first-order chi connectivity index (χ1) is 9.31. The third-order valence-corrected chi connectivity index (χ3v) is 4.57. The lowest BCUT2D eigenvalue weighted by molar-refractivity contribution is 0.0937. The molecule has 19 heavy (non-hydrogen) atoms. The maximum absolute atomic E-state index is 12.9. The van der Waals surface area contributed by atoms with Gasteiger partial charge in [0.1, 0.15) is 5.82 Å². The second-order valence-corrected chi connectivity index (χ2v) is 5.88. The van der Waals surface area contributed by atoms with Gasteiger partial charge in [0.2, 0.25) is 0 Å². The molecule has 0 N–H and O–H groups in total. The number of halogens is 1. The summed E-state index contributed by atoms with van der Waals surface area (Å²) in [6, 6.07) is 7.78. The summed E-state index contributed by atoms with van der Waals surface area (Å²) in [5, 5.41) is 0. The van der Waals surface area contributed by atoms with Gasteiger partial charge in [-0.2, -0.15) is 0 Å². The Bertz CT molecular complexity index is 390. The van der Waals surface area contributed by atoms with E-state index in [4.69, 9.17) is 0 Å². The molecule has 2 aliphatic rings. The van der Waals surface area contributed by atoms with Gasteiger partial charge in [-0.15, -0.1) is 0 Å². The third-order valence-electron chi connectivity index (χ3n) is 4.57. The summed E-state index contributed by atoms with van der Waals surface area (Å²) in [5.41, 5.74) is 1.22. The molecule has 1 saturated carbocycles. The fourth-order valence-corrected chi connectivity index (χ4v) is 3.40. The number of hydrogen-bond acceptors (Lipinski definition) is 2. The topological polar surface area (TPSA) is 6.48 Å². The molecule has 2 fully saturated rings. The van der Waals surface area contributed by atoms with Crippen LogP contribution < -0.4 is 0 Å². The zero-order valence-electron chi connectivity index (χ0n) is 11.5. The normalized spacial score (nSPS) is 23.0. The van der Waals surface area contributed by atoms with Crippen molar-refractivity contribution in [1.82, 2.24) is 9.80 Å². The summed E-state index contributed by atoms with van der Waals surface area (Å²) in [4.78, 5) is 5.16. The van der Waals surface area contributed by atoms with E-state index in [1.165, 1.54) is 44.3 Å². The Morgan fingerprint density at radius 2 is 1.58 bits per heavy atom. The third kappa shape index (κ3) is 3.34. The summed E-state index contributed by atoms with van der Waals surface area (Å²) in [7, 11) is 0. The second-order valence-electron chi connectivity index (χ2n) is 5.88. The van der Waals surface area contributed by atoms with Crippen molar-refractivity contribution in [3.8, 4) is 0 Å². The van der Waals surface area contributed by atoms with E-state index in [2.05, 4.69) is 9.80 Å². The predicted molar refractivity (Wildman–Crippen MR) is 75.5 cm³/mol. The quantitative estimate of drug-likeness (QED) is 0.826. The summed E-state index contributed by atoms with van der Waals surface area (Å²) in [5.74, 6) is -0.144. The van der Waals surface area contributed by atoms with Gasteiger partial charge in [-0.1, -0.05) is 25.0 Å². The average molecular weight is 262 g/mol. The molecule has 1 aliphatic heterocycles. The van der Waals surface area contributed by atoms with Crippen molar-refractivity contribution in [3.05, 3.63) is 35.6 Å². The lowest BCUT2D eigenvalue weighted by Gasteiger charge is -2.38. The lowest BCUT2D eigenvalue weighted by atomic mass is 10.1. The molecule has 0 radical (unpaired) electrons. The summed E-state index contributed by atoms with van der Waals surface area (Å²) < 4.78 is 12.9. The molecular formula is C16H23FN2. The summed E-state index contributed by atoms with van der Waals surface area (Å²) in [6.07, 6.45) is 5.64. The first kappa shape index (κ1) is 13.1. The zero-order chi connectivity index (χ0) is 13.1. The van der Waals surface area contributed by atoms with Crippen LogP contribution >= 0.6 is 0 Å². The van der Waals surface area contributed by atoms with Gasteiger partial charge in [0, 0.05) is 38.8 Å². The van der Waals surface area contributed by atoms with Crippen LogP contribution in [-0.2, 0) is 6.54 Å². The van der Waals surface area contributed by atoms with Gasteiger partial charge in [-0.3, -0.25) is 9.80 Å². The molecule has 1 heterocycles. The van der Waals surface area contributed by atoms with Crippen LogP contribution in [0.2, 0.25) is 0 Å². The minimum Gasteiger partial charge on any atom is -0.298 e. The minimum atomic E-state index is -0.144. The van der Waals surface area contributed by atoms with E-state index in [0.29, 0.717) is 0 Å². The van der Waals surface area contributed by atoms with Crippen LogP contribution in [0.3, 0.4) is 0 Å². The molecule has 1 aliphatic carbocycles. The van der Waals surface area contributed by atoms with Crippen LogP contribution in [0.25, 0.3) is 0 Å². The standard InChI is InChI=1S/C16H23FN2/c17-15-7-5-14(6-8-15)13-18-9-11-19(12-10-18)16-3-1-2-4-16/h5-8,16H,1-4,9-13H2. The van der Waals surface area contributed by atoms with E-state index >= 15 is 0 Å². The van der Waals surface area contributed by atoms with Crippen LogP contribution in [0.1, 0.15) is 31.2 Å². The predicted octanol–water partition coefficient (Wildman–Crippen LogP) is 2.89. The molecule has 0 bridgehead atoms. The van der Waals surface area contributed by atoms with Crippen molar-refractivity contribution in [3.63, 3.8) is 0 Å². The molecule has 0 aromatic heterocycles. The van der Waals surface area contributed by atoms with E-state index in [9.17, 15) is 4.39 Å². The molecule has 2 nitrogen and oxygen atoms in total. The van der Waals surface area contributed by atoms with Gasteiger partial charge < -0.3 is 0 Å². The monoisotopic (exact) mass is 262 g/mol. The SMILES string of the molecule is Fc1ccc(CN2CCN(C3CCCC3)CC2)cc1. The van der Waals surface area contributed by atoms with Crippen LogP contribution in [-0.4, -0.2) is 42.0 Å². The fraction of sp³-hybridized carbons (Fsp3) is 0.625. The van der Waals surface area contributed by atoms with Gasteiger partial charge in [-0.05, 0) is 30.5 Å². The summed E-state index contributed by atoms with van der Waals surface area (Å²) >= 11 is 0. The minimum absolute atomic E-state index is 0.144. The number of nitrogens with zero attached hydrogens (tertiary/aromatic N) is 2. The van der Waals surface area contributed by atoms with Crippen molar-refractivity contribution < 1.29 is 4.39 Å². The molecule has 3 heteroatoms. The molecule has 0 amide bonds. The molecule has 1 saturated heterocycles. The van der Waals surface area contributed by atoms with Gasteiger partial charge >= 0.3 is 0 Å². The van der Waals surface area contributed by atoms with Gasteiger partial charge in [0.05, 0.1) is 0 Å². The average Bonchev–Trinajstić information content (AvgIpc) is 2.96. The van der Waals surface area contributed by atoms with Crippen molar-refractivity contribution in [2.24, 2.45) is 0 Å². The number of benzene rings is 1. The van der Waals surface area contributed by atoms with Crippen molar-refractivity contribution in [2.45, 2.75) is 38.3 Å². The van der Waals surface area contributed by atoms with Crippen LogP contribution in [0.4, 0.5) is 4.39 Å². The Morgan fingerprint density at radius 1 is 0.947 bits per heavy atom.